The molecule has 9 N–H and O–H groups in total. The van der Waals surface area contributed by atoms with Gasteiger partial charge in [0.25, 0.3) is 5.91 Å². The number of fused-ring (bicyclic) bond motifs is 3. The zero-order chi connectivity index (χ0) is 53.5. The molecule has 7 atom stereocenters. The van der Waals surface area contributed by atoms with Crippen LogP contribution in [0.4, 0.5) is 0 Å². The van der Waals surface area contributed by atoms with Crippen LogP contribution < -0.4 is 26.6 Å². The zero-order valence-electron chi connectivity index (χ0n) is 40.7. The smallest absolute Gasteiger partial charge is 0.252 e. The lowest BCUT2D eigenvalue weighted by molar-refractivity contribution is -0.248. The Morgan fingerprint density at radius 2 is 1.46 bits per heavy atom. The summed E-state index contributed by atoms with van der Waals surface area (Å²) in [6.07, 6.45) is -5.17. The van der Waals surface area contributed by atoms with Gasteiger partial charge in [-0.2, -0.15) is 0 Å². The fraction of sp³-hybridized carbons (Fsp3) is 0.531. The highest BCUT2D eigenvalue weighted by molar-refractivity contribution is 14.1. The van der Waals surface area contributed by atoms with Crippen LogP contribution in [0.15, 0.2) is 30.3 Å². The van der Waals surface area contributed by atoms with E-state index >= 15 is 0 Å². The Bertz CT molecular complexity index is 2460. The van der Waals surface area contributed by atoms with Gasteiger partial charge in [-0.15, -0.1) is 0 Å². The molecule has 6 rings (SSSR count). The van der Waals surface area contributed by atoms with Gasteiger partial charge in [0.15, 0.2) is 12.1 Å². The summed E-state index contributed by atoms with van der Waals surface area (Å²) in [5.74, 6) is -3.66. The average molecular weight is 1370 g/mol. The van der Waals surface area contributed by atoms with Crippen LogP contribution in [0.25, 0.3) is 0 Å². The Labute approximate surface area is 468 Å². The first kappa shape index (κ1) is 60.0. The number of hydrazine groups is 1. The first-order valence-electron chi connectivity index (χ1n) is 23.7. The van der Waals surface area contributed by atoms with Crippen molar-refractivity contribution in [2.75, 3.05) is 92.9 Å². The van der Waals surface area contributed by atoms with Crippen LogP contribution in [0.2, 0.25) is 0 Å². The number of aliphatic hydroxyl groups excluding tert-OH is 1. The summed E-state index contributed by atoms with van der Waals surface area (Å²) in [7, 11) is 1.32. The molecule has 0 saturated carbocycles. The predicted octanol–water partition coefficient (Wildman–Crippen LogP) is 2.36. The van der Waals surface area contributed by atoms with Crippen LogP contribution in [0, 0.1) is 10.7 Å². The number of hydrogen-bond acceptors (Lipinski definition) is 20. The van der Waals surface area contributed by atoms with Gasteiger partial charge in [0.1, 0.15) is 29.6 Å². The van der Waals surface area contributed by atoms with Gasteiger partial charge in [0.05, 0.1) is 139 Å². The maximum atomic E-state index is 14.0. The molecule has 74 heavy (non-hydrogen) atoms. The number of carbonyl (C=O) groups is 5. The molecule has 3 aliphatic rings. The van der Waals surface area contributed by atoms with E-state index in [0.29, 0.717) is 77.9 Å². The molecule has 1 heterocycles. The lowest BCUT2D eigenvalue weighted by Crippen LogP contribution is -2.60. The second-order valence-electron chi connectivity index (χ2n) is 17.4. The summed E-state index contributed by atoms with van der Waals surface area (Å²) in [5.41, 5.74) is 8.09. The van der Waals surface area contributed by atoms with Gasteiger partial charge in [-0.1, -0.05) is 12.1 Å². The summed E-state index contributed by atoms with van der Waals surface area (Å²) >= 11 is 6.58. The highest BCUT2D eigenvalue weighted by Crippen LogP contribution is 2.53. The Hall–Kier alpha value is -3.28. The lowest BCUT2D eigenvalue weighted by atomic mass is 9.71. The fourth-order valence-electron chi connectivity index (χ4n) is 8.59. The van der Waals surface area contributed by atoms with Gasteiger partial charge < -0.3 is 78.9 Å². The molecule has 0 bridgehead atoms. The number of halogens is 3. The van der Waals surface area contributed by atoms with Gasteiger partial charge in [0.2, 0.25) is 11.7 Å². The molecule has 1 fully saturated rings. The number of aliphatic hydroxyl groups is 2. The number of ether oxygens (including phenoxy) is 9. The number of phenols is 2. The zero-order valence-corrected chi connectivity index (χ0v) is 47.1. The molecule has 3 aromatic rings. The van der Waals surface area contributed by atoms with Crippen LogP contribution >= 0.6 is 67.8 Å². The Morgan fingerprint density at radius 3 is 2.05 bits per heavy atom. The van der Waals surface area contributed by atoms with Gasteiger partial charge in [-0.25, -0.2) is 5.43 Å². The summed E-state index contributed by atoms with van der Waals surface area (Å²) in [5, 5.41) is 49.2. The molecule has 406 valence electrons. The minimum Gasteiger partial charge on any atom is -0.507 e. The molecule has 0 radical (unpaired) electrons. The summed E-state index contributed by atoms with van der Waals surface area (Å²) in [4.78, 5) is 66.0. The molecule has 0 aromatic heterocycles. The number of nitrogens with two attached hydrogens (primary N) is 1. The van der Waals surface area contributed by atoms with Crippen LogP contribution in [-0.4, -0.2) is 179 Å². The number of nitrogens with one attached hydrogen (secondary N) is 3. The van der Waals surface area contributed by atoms with Crippen molar-refractivity contribution in [2.24, 2.45) is 5.73 Å². The molecule has 1 saturated heterocycles. The van der Waals surface area contributed by atoms with E-state index in [2.05, 4.69) is 83.9 Å². The number of hydrogen-bond donors (Lipinski definition) is 8. The number of aldehydes is 1. The topological polar surface area (TPSA) is 311 Å². The monoisotopic (exact) mass is 1370 g/mol. The van der Waals surface area contributed by atoms with Gasteiger partial charge in [-0.05, 0) is 92.9 Å². The molecule has 25 heteroatoms. The van der Waals surface area contributed by atoms with E-state index < -0.39 is 95.2 Å². The third kappa shape index (κ3) is 15.3. The SMILES string of the molecule is COc1cccc2c1C(=O)c1c(O)c3c(c(O)c1C2=O)C[C@](O)(C(C=O)NNC(=O)CCOCCOCCOCCOCCOCCOCCNC(=O)c1cc(I)cc(I)c1I)C[C@H]3O[C@H]1C[C@@H](N)[C@H](O)C(C)O1. The van der Waals surface area contributed by atoms with Crippen LogP contribution in [-0.2, 0) is 53.9 Å². The second-order valence-corrected chi connectivity index (χ2v) is 20.9. The molecule has 0 spiro atoms. The Kier molecular flexibility index (Phi) is 23.4. The first-order chi connectivity index (χ1) is 35.5. The van der Waals surface area contributed by atoms with Gasteiger partial charge in [-0.3, -0.25) is 24.6 Å². The van der Waals surface area contributed by atoms with E-state index in [9.17, 15) is 44.4 Å². The largest absolute Gasteiger partial charge is 0.507 e. The fourth-order valence-corrected chi connectivity index (χ4v) is 11.0. The minimum atomic E-state index is -2.16. The summed E-state index contributed by atoms with van der Waals surface area (Å²) < 4.78 is 53.5. The number of amides is 2. The highest BCUT2D eigenvalue weighted by atomic mass is 127. The van der Waals surface area contributed by atoms with E-state index in [1.807, 2.05) is 12.1 Å². The maximum Gasteiger partial charge on any atom is 0.252 e. The quantitative estimate of drug-likeness (QED) is 0.00966. The third-order valence-corrected chi connectivity index (χ3v) is 16.0. The molecule has 2 unspecified atom stereocenters. The Balaban J connectivity index is 0.868. The van der Waals surface area contributed by atoms with E-state index in [1.165, 1.54) is 25.3 Å². The van der Waals surface area contributed by atoms with Crippen LogP contribution in [0.5, 0.6) is 17.2 Å². The molecule has 2 aliphatic carbocycles. The normalized spacial score (nSPS) is 21.6. The summed E-state index contributed by atoms with van der Waals surface area (Å²) in [6.45, 7) is 5.66. The minimum absolute atomic E-state index is 0.00896. The van der Waals surface area contributed by atoms with Crippen molar-refractivity contribution in [2.45, 2.75) is 74.9 Å². The number of aromatic hydroxyl groups is 2. The maximum absolute atomic E-state index is 14.0. The number of benzene rings is 3. The van der Waals surface area contributed by atoms with E-state index in [4.69, 9.17) is 48.4 Å². The van der Waals surface area contributed by atoms with Crippen molar-refractivity contribution in [3.63, 3.8) is 0 Å². The van der Waals surface area contributed by atoms with Crippen molar-refractivity contribution >= 4 is 97.4 Å². The average Bonchev–Trinajstić information content (AvgIpc) is 3.37. The van der Waals surface area contributed by atoms with Crippen LogP contribution in [0.3, 0.4) is 0 Å². The van der Waals surface area contributed by atoms with Crippen molar-refractivity contribution in [1.82, 2.24) is 16.2 Å². The van der Waals surface area contributed by atoms with Crippen molar-refractivity contribution in [1.29, 1.82) is 0 Å². The van der Waals surface area contributed by atoms with E-state index in [-0.39, 0.29) is 66.6 Å². The molecular weight excluding hydrogens is 1310 g/mol. The van der Waals surface area contributed by atoms with E-state index in [1.54, 1.807) is 6.92 Å². The number of methoxy groups -OCH3 is 1. The first-order valence-corrected chi connectivity index (χ1v) is 27.0. The predicted molar refractivity (Wildman–Crippen MR) is 287 cm³/mol. The molecule has 2 amide bonds. The van der Waals surface area contributed by atoms with E-state index in [0.717, 1.165) is 10.7 Å². The number of phenolic OH excluding ortho intramolecular Hbond substituents is 2. The molecule has 1 aliphatic heterocycles. The lowest BCUT2D eigenvalue weighted by Gasteiger charge is -2.44. The second kappa shape index (κ2) is 28.9. The number of rotatable bonds is 29. The van der Waals surface area contributed by atoms with Crippen LogP contribution in [0.1, 0.15) is 85.6 Å². The van der Waals surface area contributed by atoms with Gasteiger partial charge in [0, 0.05) is 59.2 Å². The van der Waals surface area contributed by atoms with Gasteiger partial charge >= 0.3 is 0 Å². The van der Waals surface area contributed by atoms with Crippen molar-refractivity contribution in [3.05, 3.63) is 80.0 Å². The molecule has 22 nitrogen and oxygen atoms in total. The summed E-state index contributed by atoms with van der Waals surface area (Å²) in [6, 6.07) is 5.89. The number of ketones is 2. The Morgan fingerprint density at radius 1 is 0.865 bits per heavy atom. The standard InChI is InChI=1S/C49H61I3N4O18/c1-26-43(59)32(53)22-37(73-26)74-34-24-49(65,23-30-39(34)47(63)41-40(45(30)61)44(60)28-4-3-5-33(66-2)38(28)46(41)62)35(25-57)55-56-36(58)6-8-67-10-12-69-14-16-71-18-19-72-17-15-70-13-11-68-9-7-54-48(64)29-20-27(50)21-31(51)42(29)52/h3-5,20-21,25-26,32,34-35,37,43,55,59,61,63,65H,6-19,22-24,53H2,1-2H3,(H,54,64)(H,56,58)/t26?,32-,34-,35?,37+,43-,49-/m1/s1. The highest BCUT2D eigenvalue weighted by Gasteiger charge is 2.50. The molecular formula is C49H61I3N4O18. The van der Waals surface area contributed by atoms with Crippen molar-refractivity contribution < 1.29 is 87.0 Å². The third-order valence-electron chi connectivity index (χ3n) is 12.4. The number of carbonyl (C=O) groups excluding carboxylic acids is 5. The van der Waals surface area contributed by atoms with Crippen molar-refractivity contribution in [3.8, 4) is 17.2 Å². The molecule has 3 aromatic carbocycles.